The van der Waals surface area contributed by atoms with Gasteiger partial charge in [-0.2, -0.15) is 5.10 Å². The van der Waals surface area contributed by atoms with Crippen LogP contribution in [0.2, 0.25) is 0 Å². The van der Waals surface area contributed by atoms with Gasteiger partial charge in [0.2, 0.25) is 0 Å². The molecule has 2 saturated heterocycles. The van der Waals surface area contributed by atoms with Crippen LogP contribution in [0.25, 0.3) is 10.9 Å². The molecule has 28 heavy (non-hydrogen) atoms. The Hall–Kier alpha value is -2.61. The van der Waals surface area contributed by atoms with Crippen LogP contribution in [0, 0.1) is 5.41 Å². The zero-order chi connectivity index (χ0) is 19.7. The third-order valence-electron chi connectivity index (χ3n) is 6.08. The van der Waals surface area contributed by atoms with Crippen LogP contribution < -0.4 is 20.4 Å². The number of amides is 2. The number of benzene rings is 1. The van der Waals surface area contributed by atoms with Gasteiger partial charge < -0.3 is 20.3 Å². The lowest BCUT2D eigenvalue weighted by Crippen LogP contribution is -2.60. The van der Waals surface area contributed by atoms with Gasteiger partial charge in [-0.25, -0.2) is 4.79 Å². The molecular formula is C20H28N6O2. The Kier molecular flexibility index (Phi) is 4.97. The van der Waals surface area contributed by atoms with Crippen molar-refractivity contribution in [3.63, 3.8) is 0 Å². The maximum Gasteiger partial charge on any atom is 0.322 e. The first-order chi connectivity index (χ1) is 13.6. The number of rotatable bonds is 5. The van der Waals surface area contributed by atoms with Gasteiger partial charge in [-0.3, -0.25) is 9.58 Å². The number of anilines is 2. The van der Waals surface area contributed by atoms with Crippen LogP contribution in [-0.4, -0.2) is 61.9 Å². The minimum Gasteiger partial charge on any atom is -0.370 e. The van der Waals surface area contributed by atoms with Crippen molar-refractivity contribution in [2.45, 2.75) is 19.3 Å². The summed E-state index contributed by atoms with van der Waals surface area (Å²) in [5, 5.41) is 11.6. The number of fused-ring (bicyclic) bond motifs is 1. The van der Waals surface area contributed by atoms with Gasteiger partial charge in [0, 0.05) is 56.6 Å². The number of hydrogen-bond acceptors (Lipinski definition) is 5. The summed E-state index contributed by atoms with van der Waals surface area (Å²) in [4.78, 5) is 27.1. The summed E-state index contributed by atoms with van der Waals surface area (Å²) in [7, 11) is 3.47. The van der Waals surface area contributed by atoms with Gasteiger partial charge in [-0.05, 0) is 44.1 Å². The van der Waals surface area contributed by atoms with Crippen LogP contribution in [0.4, 0.5) is 16.3 Å². The van der Waals surface area contributed by atoms with Crippen molar-refractivity contribution in [1.29, 1.82) is 0 Å². The highest BCUT2D eigenvalue weighted by Gasteiger charge is 2.43. The SMILES string of the molecule is CNC(=O)N(CCC=O)c1nn(C)c2cc(N3CC4(CCNCC4)C3)ccc12. The fourth-order valence-electron chi connectivity index (χ4n) is 4.46. The number of nitrogens with one attached hydrogen (secondary N) is 2. The zero-order valence-corrected chi connectivity index (χ0v) is 16.6. The summed E-state index contributed by atoms with van der Waals surface area (Å²) < 4.78 is 1.81. The average Bonchev–Trinajstić information content (AvgIpc) is 3.02. The van der Waals surface area contributed by atoms with Gasteiger partial charge in [-0.1, -0.05) is 0 Å². The maximum atomic E-state index is 12.3. The molecule has 0 saturated carbocycles. The quantitative estimate of drug-likeness (QED) is 0.764. The van der Waals surface area contributed by atoms with Gasteiger partial charge in [0.15, 0.2) is 5.82 Å². The second-order valence-electron chi connectivity index (χ2n) is 7.92. The third kappa shape index (κ3) is 3.22. The molecule has 2 aliphatic rings. The first-order valence-electron chi connectivity index (χ1n) is 9.92. The summed E-state index contributed by atoms with van der Waals surface area (Å²) in [5.41, 5.74) is 2.66. The fraction of sp³-hybridized carbons (Fsp3) is 0.550. The van der Waals surface area contributed by atoms with E-state index in [1.54, 1.807) is 7.05 Å². The summed E-state index contributed by atoms with van der Waals surface area (Å²) in [6, 6.07) is 6.05. The lowest BCUT2D eigenvalue weighted by atomic mass is 9.72. The summed E-state index contributed by atoms with van der Waals surface area (Å²) in [5.74, 6) is 0.587. The molecular weight excluding hydrogens is 356 g/mol. The van der Waals surface area contributed by atoms with Crippen LogP contribution in [0.3, 0.4) is 0 Å². The Labute approximate surface area is 164 Å². The molecule has 3 heterocycles. The molecule has 1 aromatic carbocycles. The number of nitrogens with zero attached hydrogens (tertiary/aromatic N) is 4. The normalized spacial score (nSPS) is 18.1. The van der Waals surface area contributed by atoms with E-state index in [1.807, 2.05) is 17.8 Å². The van der Waals surface area contributed by atoms with Crippen molar-refractivity contribution in [3.05, 3.63) is 18.2 Å². The number of urea groups is 1. The van der Waals surface area contributed by atoms with Crippen molar-refractivity contribution in [2.24, 2.45) is 12.5 Å². The van der Waals surface area contributed by atoms with Crippen molar-refractivity contribution < 1.29 is 9.59 Å². The number of carbonyl (C=O) groups excluding carboxylic acids is 2. The molecule has 8 nitrogen and oxygen atoms in total. The van der Waals surface area contributed by atoms with E-state index in [9.17, 15) is 9.59 Å². The summed E-state index contributed by atoms with van der Waals surface area (Å²) >= 11 is 0. The molecule has 0 radical (unpaired) electrons. The van der Waals surface area contributed by atoms with E-state index in [0.717, 1.165) is 43.4 Å². The second kappa shape index (κ2) is 7.43. The number of hydrogen-bond donors (Lipinski definition) is 2. The number of carbonyl (C=O) groups is 2. The zero-order valence-electron chi connectivity index (χ0n) is 16.6. The van der Waals surface area contributed by atoms with E-state index < -0.39 is 0 Å². The van der Waals surface area contributed by atoms with Gasteiger partial charge in [-0.15, -0.1) is 0 Å². The van der Waals surface area contributed by atoms with Gasteiger partial charge in [0.1, 0.15) is 6.29 Å². The van der Waals surface area contributed by atoms with Crippen LogP contribution in [0.15, 0.2) is 18.2 Å². The predicted octanol–water partition coefficient (Wildman–Crippen LogP) is 1.50. The van der Waals surface area contributed by atoms with E-state index in [2.05, 4.69) is 32.8 Å². The number of aldehydes is 1. The minimum absolute atomic E-state index is 0.262. The molecule has 8 heteroatoms. The first-order valence-corrected chi connectivity index (χ1v) is 9.92. The molecule has 0 unspecified atom stereocenters. The number of aryl methyl sites for hydroxylation is 1. The Balaban J connectivity index is 1.60. The maximum absolute atomic E-state index is 12.3. The van der Waals surface area contributed by atoms with Crippen LogP contribution >= 0.6 is 0 Å². The van der Waals surface area contributed by atoms with Gasteiger partial charge in [0.05, 0.1) is 5.52 Å². The topological polar surface area (TPSA) is 82.5 Å². The van der Waals surface area contributed by atoms with Gasteiger partial charge in [0.25, 0.3) is 0 Å². The molecule has 2 N–H and O–H groups in total. The largest absolute Gasteiger partial charge is 0.370 e. The Morgan fingerprint density at radius 3 is 2.79 bits per heavy atom. The first kappa shape index (κ1) is 18.7. The standard InChI is InChI=1S/C20H28N6O2/c1-21-19(28)26(10-3-11-27)18-16-5-4-15(12-17(16)24(2)23-18)25-13-20(14-25)6-8-22-9-7-20/h4-5,11-12,22H,3,6-10,13-14H2,1-2H3,(H,21,28). The number of piperidine rings is 1. The van der Waals surface area contributed by atoms with Crippen LogP contribution in [0.1, 0.15) is 19.3 Å². The van der Waals surface area contributed by atoms with Crippen LogP contribution in [-0.2, 0) is 11.8 Å². The fourth-order valence-corrected chi connectivity index (χ4v) is 4.46. The Bertz CT molecular complexity index is 878. The highest BCUT2D eigenvalue weighted by molar-refractivity contribution is 6.01. The lowest BCUT2D eigenvalue weighted by molar-refractivity contribution is -0.107. The van der Waals surface area contributed by atoms with Crippen molar-refractivity contribution in [3.8, 4) is 0 Å². The van der Waals surface area contributed by atoms with Crippen LogP contribution in [0.5, 0.6) is 0 Å². The van der Waals surface area contributed by atoms with E-state index in [4.69, 9.17) is 0 Å². The van der Waals surface area contributed by atoms with Crippen molar-refractivity contribution in [2.75, 3.05) is 49.6 Å². The molecule has 1 spiro atoms. The predicted molar refractivity (Wildman–Crippen MR) is 110 cm³/mol. The van der Waals surface area contributed by atoms with E-state index in [0.29, 0.717) is 17.8 Å². The summed E-state index contributed by atoms with van der Waals surface area (Å²) in [6.45, 7) is 4.76. The number of aromatic nitrogens is 2. The van der Waals surface area contributed by atoms with E-state index in [-0.39, 0.29) is 12.5 Å². The van der Waals surface area contributed by atoms with E-state index in [1.165, 1.54) is 23.4 Å². The second-order valence-corrected chi connectivity index (χ2v) is 7.92. The molecule has 0 aliphatic carbocycles. The highest BCUT2D eigenvalue weighted by Crippen LogP contribution is 2.42. The Morgan fingerprint density at radius 2 is 2.11 bits per heavy atom. The molecule has 1 aromatic heterocycles. The summed E-state index contributed by atoms with van der Waals surface area (Å²) in [6.07, 6.45) is 3.59. The lowest BCUT2D eigenvalue weighted by Gasteiger charge is -2.53. The van der Waals surface area contributed by atoms with Gasteiger partial charge >= 0.3 is 6.03 Å². The highest BCUT2D eigenvalue weighted by atomic mass is 16.2. The van der Waals surface area contributed by atoms with Crippen molar-refractivity contribution in [1.82, 2.24) is 20.4 Å². The molecule has 2 aliphatic heterocycles. The molecule has 4 rings (SSSR count). The molecule has 2 fully saturated rings. The molecule has 0 bridgehead atoms. The molecule has 150 valence electrons. The smallest absolute Gasteiger partial charge is 0.322 e. The molecule has 0 atom stereocenters. The van der Waals surface area contributed by atoms with E-state index >= 15 is 0 Å². The Morgan fingerprint density at radius 1 is 1.36 bits per heavy atom. The average molecular weight is 384 g/mol. The molecule has 2 amide bonds. The minimum atomic E-state index is -0.262. The third-order valence-corrected chi connectivity index (χ3v) is 6.08. The monoisotopic (exact) mass is 384 g/mol. The van der Waals surface area contributed by atoms with Crippen molar-refractivity contribution >= 4 is 34.7 Å². The molecule has 2 aromatic rings.